The minimum Gasteiger partial charge on any atom is -0.306 e. The number of nitrogens with one attached hydrogen (secondary N) is 1. The van der Waals surface area contributed by atoms with Crippen LogP contribution in [0.25, 0.3) is 0 Å². The Balaban J connectivity index is 2.59. The van der Waals surface area contributed by atoms with Gasteiger partial charge in [0.2, 0.25) is 0 Å². The molecule has 0 radical (unpaired) electrons. The maximum absolute atomic E-state index is 14.5. The summed E-state index contributed by atoms with van der Waals surface area (Å²) in [6, 6.07) is 8.56. The van der Waals surface area contributed by atoms with E-state index >= 15 is 0 Å². The van der Waals surface area contributed by atoms with E-state index in [1.54, 1.807) is 18.2 Å². The molecule has 0 heterocycles. The Morgan fingerprint density at radius 3 is 2.43 bits per heavy atom. The van der Waals surface area contributed by atoms with Gasteiger partial charge in [0.15, 0.2) is 0 Å². The van der Waals surface area contributed by atoms with Crippen molar-refractivity contribution in [3.63, 3.8) is 0 Å². The van der Waals surface area contributed by atoms with Crippen LogP contribution in [0.5, 0.6) is 0 Å². The van der Waals surface area contributed by atoms with E-state index in [-0.39, 0.29) is 11.1 Å². The monoisotopic (exact) mass is 453 g/mol. The molecule has 1 N–H and O–H groups in total. The van der Waals surface area contributed by atoms with Gasteiger partial charge in [0.25, 0.3) is 0 Å². The van der Waals surface area contributed by atoms with E-state index in [4.69, 9.17) is 23.2 Å². The zero-order chi connectivity index (χ0) is 15.6. The highest BCUT2D eigenvalue weighted by molar-refractivity contribution is 9.10. The molecule has 1 nitrogen and oxygen atoms in total. The number of halogens is 5. The molecule has 21 heavy (non-hydrogen) atoms. The lowest BCUT2D eigenvalue weighted by Crippen LogP contribution is -2.23. The van der Waals surface area contributed by atoms with Crippen molar-refractivity contribution in [2.24, 2.45) is 0 Å². The molecule has 0 aromatic heterocycles. The quantitative estimate of drug-likeness (QED) is 0.529. The molecule has 2 aromatic carbocycles. The Bertz CT molecular complexity index is 664. The smallest absolute Gasteiger partial charge is 0.148 e. The molecule has 0 amide bonds. The summed E-state index contributed by atoms with van der Waals surface area (Å²) in [5, 5.41) is 3.94. The van der Waals surface area contributed by atoms with Crippen LogP contribution < -0.4 is 5.32 Å². The van der Waals surface area contributed by atoms with Gasteiger partial charge in [0.05, 0.1) is 11.1 Å². The Labute approximate surface area is 150 Å². The molecule has 2 rings (SSSR count). The third-order valence-corrected chi connectivity index (χ3v) is 5.27. The van der Waals surface area contributed by atoms with Gasteiger partial charge in [-0.3, -0.25) is 0 Å². The molecule has 1 unspecified atom stereocenters. The van der Waals surface area contributed by atoms with Gasteiger partial charge < -0.3 is 5.32 Å². The highest BCUT2D eigenvalue weighted by Gasteiger charge is 2.22. The van der Waals surface area contributed by atoms with Gasteiger partial charge in [0, 0.05) is 19.5 Å². The average molecular weight is 456 g/mol. The predicted molar refractivity (Wildman–Crippen MR) is 93.8 cm³/mol. The van der Waals surface area contributed by atoms with Gasteiger partial charge in [0.1, 0.15) is 5.82 Å². The van der Waals surface area contributed by atoms with Crippen molar-refractivity contribution in [1.82, 2.24) is 5.32 Å². The maximum atomic E-state index is 14.5. The van der Waals surface area contributed by atoms with Crippen molar-refractivity contribution < 1.29 is 4.39 Å². The first-order valence-electron chi connectivity index (χ1n) is 6.27. The second-order valence-electron chi connectivity index (χ2n) is 4.42. The van der Waals surface area contributed by atoms with Gasteiger partial charge in [-0.05, 0) is 52.3 Å². The van der Waals surface area contributed by atoms with E-state index in [0.717, 1.165) is 10.0 Å². The third-order valence-electron chi connectivity index (χ3n) is 3.05. The summed E-state index contributed by atoms with van der Waals surface area (Å²) >= 11 is 18.8. The van der Waals surface area contributed by atoms with E-state index < -0.39 is 5.82 Å². The Morgan fingerprint density at radius 2 is 1.76 bits per heavy atom. The molecule has 2 aromatic rings. The minimum absolute atomic E-state index is 0.0774. The summed E-state index contributed by atoms with van der Waals surface area (Å²) in [5.74, 6) is -0.441. The number of rotatable bonds is 4. The molecule has 0 spiro atoms. The summed E-state index contributed by atoms with van der Waals surface area (Å²) < 4.78 is 15.9. The van der Waals surface area contributed by atoms with Crippen LogP contribution in [0.15, 0.2) is 39.3 Å². The molecule has 1 atom stereocenters. The molecule has 0 aliphatic carbocycles. The molecule has 0 aliphatic heterocycles. The summed E-state index contributed by atoms with van der Waals surface area (Å²) in [7, 11) is 0. The van der Waals surface area contributed by atoms with Crippen molar-refractivity contribution in [2.45, 2.75) is 13.0 Å². The lowest BCUT2D eigenvalue weighted by atomic mass is 9.98. The van der Waals surface area contributed by atoms with Crippen molar-refractivity contribution in [2.75, 3.05) is 6.54 Å². The van der Waals surface area contributed by atoms with Crippen LogP contribution in [0.4, 0.5) is 4.39 Å². The van der Waals surface area contributed by atoms with Gasteiger partial charge in [-0.15, -0.1) is 0 Å². The minimum atomic E-state index is -0.441. The third kappa shape index (κ3) is 3.80. The summed E-state index contributed by atoms with van der Waals surface area (Å²) in [4.78, 5) is 0. The van der Waals surface area contributed by atoms with E-state index in [2.05, 4.69) is 37.2 Å². The SMILES string of the molecule is CCNC(c1cc(Cl)ccc1Br)c1ccc(Br)c(Cl)c1F. The maximum Gasteiger partial charge on any atom is 0.148 e. The van der Waals surface area contributed by atoms with Crippen LogP contribution in [-0.4, -0.2) is 6.54 Å². The zero-order valence-electron chi connectivity index (χ0n) is 11.1. The van der Waals surface area contributed by atoms with Gasteiger partial charge in [-0.2, -0.15) is 0 Å². The molecular weight excluding hydrogens is 444 g/mol. The fourth-order valence-electron chi connectivity index (χ4n) is 2.09. The highest BCUT2D eigenvalue weighted by atomic mass is 79.9. The lowest BCUT2D eigenvalue weighted by Gasteiger charge is -2.22. The van der Waals surface area contributed by atoms with E-state index in [1.807, 2.05) is 19.1 Å². The molecule has 6 heteroatoms. The second kappa shape index (κ2) is 7.42. The summed E-state index contributed by atoms with van der Waals surface area (Å²) in [6.45, 7) is 2.64. The van der Waals surface area contributed by atoms with E-state index in [1.165, 1.54) is 0 Å². The molecule has 0 bridgehead atoms. The van der Waals surface area contributed by atoms with Crippen LogP contribution in [0.2, 0.25) is 10.0 Å². The fraction of sp³-hybridized carbons (Fsp3) is 0.200. The Morgan fingerprint density at radius 1 is 1.10 bits per heavy atom. The van der Waals surface area contributed by atoms with Crippen molar-refractivity contribution in [1.29, 1.82) is 0 Å². The fourth-order valence-corrected chi connectivity index (χ4v) is 3.23. The number of hydrogen-bond donors (Lipinski definition) is 1. The van der Waals surface area contributed by atoms with Gasteiger partial charge >= 0.3 is 0 Å². The molecule has 0 fully saturated rings. The Hall–Kier alpha value is -0.130. The van der Waals surface area contributed by atoms with Crippen LogP contribution in [0.3, 0.4) is 0 Å². The highest BCUT2D eigenvalue weighted by Crippen LogP contribution is 2.36. The average Bonchev–Trinajstić information content (AvgIpc) is 2.46. The largest absolute Gasteiger partial charge is 0.306 e. The summed E-state index contributed by atoms with van der Waals surface area (Å²) in [5.41, 5.74) is 1.34. The van der Waals surface area contributed by atoms with Crippen molar-refractivity contribution in [3.8, 4) is 0 Å². The van der Waals surface area contributed by atoms with Gasteiger partial charge in [-0.1, -0.05) is 52.1 Å². The van der Waals surface area contributed by atoms with Crippen LogP contribution >= 0.6 is 55.1 Å². The first-order valence-corrected chi connectivity index (χ1v) is 8.61. The van der Waals surface area contributed by atoms with Crippen LogP contribution in [0, 0.1) is 5.82 Å². The first kappa shape index (κ1) is 17.2. The topological polar surface area (TPSA) is 12.0 Å². The van der Waals surface area contributed by atoms with Crippen LogP contribution in [-0.2, 0) is 0 Å². The zero-order valence-corrected chi connectivity index (χ0v) is 15.7. The number of benzene rings is 2. The molecule has 0 saturated carbocycles. The molecular formula is C15H12Br2Cl2FN. The van der Waals surface area contributed by atoms with Crippen LogP contribution in [0.1, 0.15) is 24.1 Å². The Kier molecular flexibility index (Phi) is 6.09. The standard InChI is InChI=1S/C15H12Br2Cl2FN/c1-2-21-15(10-7-8(18)3-5-11(10)16)9-4-6-12(17)13(19)14(9)20/h3-7,15,21H,2H2,1H3. The van der Waals surface area contributed by atoms with Crippen molar-refractivity contribution >= 4 is 55.1 Å². The predicted octanol–water partition coefficient (Wildman–Crippen LogP) is 6.36. The molecule has 112 valence electrons. The molecule has 0 aliphatic rings. The first-order chi connectivity index (χ1) is 9.95. The second-order valence-corrected chi connectivity index (χ2v) is 6.94. The lowest BCUT2D eigenvalue weighted by molar-refractivity contribution is 0.558. The summed E-state index contributed by atoms with van der Waals surface area (Å²) in [6.07, 6.45) is 0. The molecule has 0 saturated heterocycles. The van der Waals surface area contributed by atoms with Crippen molar-refractivity contribution in [3.05, 3.63) is 66.3 Å². The van der Waals surface area contributed by atoms with E-state index in [0.29, 0.717) is 21.6 Å². The normalized spacial score (nSPS) is 12.5. The number of hydrogen-bond acceptors (Lipinski definition) is 1. The van der Waals surface area contributed by atoms with E-state index in [9.17, 15) is 4.39 Å². The van der Waals surface area contributed by atoms with Gasteiger partial charge in [-0.25, -0.2) is 4.39 Å².